The third kappa shape index (κ3) is 1.25. The van der Waals surface area contributed by atoms with Gasteiger partial charge in [-0.05, 0) is 48.8 Å². The number of benzene rings is 1. The second-order valence-corrected chi connectivity index (χ2v) is 4.67. The van der Waals surface area contributed by atoms with Crippen LogP contribution in [0.15, 0.2) is 18.2 Å². The van der Waals surface area contributed by atoms with Crippen LogP contribution in [-0.4, -0.2) is 0 Å². The van der Waals surface area contributed by atoms with Gasteiger partial charge < -0.3 is 5.73 Å². The van der Waals surface area contributed by atoms with Gasteiger partial charge in [-0.25, -0.2) is 4.39 Å². The molecule has 0 aliphatic heterocycles. The summed E-state index contributed by atoms with van der Waals surface area (Å²) in [6.07, 6.45) is 4.28. The van der Waals surface area contributed by atoms with E-state index in [1.165, 1.54) is 0 Å². The largest absolute Gasteiger partial charge is 0.321 e. The number of hydrogen-bond donors (Lipinski definition) is 1. The molecule has 1 nitrogen and oxygen atoms in total. The molecule has 74 valence electrons. The summed E-state index contributed by atoms with van der Waals surface area (Å²) >= 11 is 0. The van der Waals surface area contributed by atoms with E-state index < -0.39 is 0 Å². The summed E-state index contributed by atoms with van der Waals surface area (Å²) in [5.74, 6) is 0.429. The smallest absolute Gasteiger partial charge is 0.127 e. The summed E-state index contributed by atoms with van der Waals surface area (Å²) in [6, 6.07) is 5.57. The average Bonchev–Trinajstić information content (AvgIpc) is 2.99. The molecule has 0 saturated heterocycles. The maximum atomic E-state index is 13.6. The Bertz CT molecular complexity index is 378. The monoisotopic (exact) mass is 191 g/mol. The summed E-state index contributed by atoms with van der Waals surface area (Å²) < 4.78 is 13.6. The summed E-state index contributed by atoms with van der Waals surface area (Å²) in [4.78, 5) is 0. The van der Waals surface area contributed by atoms with E-state index in [9.17, 15) is 4.39 Å². The molecule has 1 aromatic rings. The van der Waals surface area contributed by atoms with Gasteiger partial charge in [0.2, 0.25) is 0 Å². The summed E-state index contributed by atoms with van der Waals surface area (Å²) in [7, 11) is 0. The van der Waals surface area contributed by atoms with Gasteiger partial charge in [-0.3, -0.25) is 0 Å². The zero-order chi connectivity index (χ0) is 9.76. The Labute approximate surface area is 83.1 Å². The van der Waals surface area contributed by atoms with Gasteiger partial charge >= 0.3 is 0 Å². The first kappa shape index (κ1) is 8.42. The van der Waals surface area contributed by atoms with Gasteiger partial charge in [0.1, 0.15) is 5.82 Å². The van der Waals surface area contributed by atoms with Crippen LogP contribution < -0.4 is 5.73 Å². The van der Waals surface area contributed by atoms with Crippen LogP contribution in [0.1, 0.15) is 42.7 Å². The number of hydrogen-bond acceptors (Lipinski definition) is 1. The summed E-state index contributed by atoms with van der Waals surface area (Å²) in [6.45, 7) is 0. The van der Waals surface area contributed by atoms with Gasteiger partial charge in [-0.15, -0.1) is 0 Å². The minimum atomic E-state index is -0.205. The minimum Gasteiger partial charge on any atom is -0.321 e. The Balaban J connectivity index is 1.97. The maximum absolute atomic E-state index is 13.6. The molecule has 0 heterocycles. The molecule has 14 heavy (non-hydrogen) atoms. The first-order valence-corrected chi connectivity index (χ1v) is 5.28. The highest BCUT2D eigenvalue weighted by Gasteiger charge is 2.40. The van der Waals surface area contributed by atoms with E-state index in [0.29, 0.717) is 5.92 Å². The molecule has 2 heteroatoms. The standard InChI is InChI=1S/C12H14FN/c13-11-7-9(12(14)5-6-12)3-4-10(11)8-1-2-8/h3-4,7-8H,1-2,5-6,14H2. The first-order chi connectivity index (χ1) is 6.69. The Morgan fingerprint density at radius 2 is 2.00 bits per heavy atom. The fraction of sp³-hybridized carbons (Fsp3) is 0.500. The highest BCUT2D eigenvalue weighted by molar-refractivity contribution is 5.35. The Morgan fingerprint density at radius 1 is 1.29 bits per heavy atom. The Kier molecular flexibility index (Phi) is 1.55. The minimum absolute atomic E-state index is 0.0540. The van der Waals surface area contributed by atoms with E-state index in [1.807, 2.05) is 12.1 Å². The molecular weight excluding hydrogens is 177 g/mol. The predicted molar refractivity (Wildman–Crippen MR) is 53.5 cm³/mol. The predicted octanol–water partition coefficient (Wildman–Crippen LogP) is 2.65. The van der Waals surface area contributed by atoms with Crippen LogP contribution in [0, 0.1) is 5.82 Å². The third-order valence-electron chi connectivity index (χ3n) is 3.38. The summed E-state index contributed by atoms with van der Waals surface area (Å²) in [5, 5.41) is 0. The van der Waals surface area contributed by atoms with E-state index in [2.05, 4.69) is 0 Å². The molecule has 1 aromatic carbocycles. The average molecular weight is 191 g/mol. The van der Waals surface area contributed by atoms with Crippen LogP contribution in [-0.2, 0) is 5.54 Å². The molecule has 0 aromatic heterocycles. The SMILES string of the molecule is NC1(c2ccc(C3CC3)c(F)c2)CC1. The fourth-order valence-electron chi connectivity index (χ4n) is 1.99. The molecule has 0 atom stereocenters. The molecular formula is C12H14FN. The molecule has 0 amide bonds. The molecule has 2 aliphatic rings. The van der Waals surface area contributed by atoms with Crippen molar-refractivity contribution in [2.45, 2.75) is 37.1 Å². The number of nitrogens with two attached hydrogens (primary N) is 1. The molecule has 3 rings (SSSR count). The quantitative estimate of drug-likeness (QED) is 0.764. The zero-order valence-electron chi connectivity index (χ0n) is 8.09. The Hall–Kier alpha value is -0.890. The number of rotatable bonds is 2. The lowest BCUT2D eigenvalue weighted by Gasteiger charge is -2.10. The van der Waals surface area contributed by atoms with Gasteiger partial charge in [0.05, 0.1) is 0 Å². The van der Waals surface area contributed by atoms with Gasteiger partial charge in [0.15, 0.2) is 0 Å². The maximum Gasteiger partial charge on any atom is 0.127 e. The van der Waals surface area contributed by atoms with E-state index in [-0.39, 0.29) is 11.4 Å². The Morgan fingerprint density at radius 3 is 2.50 bits per heavy atom. The highest BCUT2D eigenvalue weighted by atomic mass is 19.1. The van der Waals surface area contributed by atoms with Crippen molar-refractivity contribution in [1.82, 2.24) is 0 Å². The molecule has 0 bridgehead atoms. The molecule has 0 spiro atoms. The fourth-order valence-corrected chi connectivity index (χ4v) is 1.99. The van der Waals surface area contributed by atoms with E-state index in [1.54, 1.807) is 6.07 Å². The van der Waals surface area contributed by atoms with E-state index >= 15 is 0 Å². The van der Waals surface area contributed by atoms with Crippen LogP contribution in [0.3, 0.4) is 0 Å². The van der Waals surface area contributed by atoms with E-state index in [0.717, 1.165) is 36.8 Å². The van der Waals surface area contributed by atoms with Crippen molar-refractivity contribution in [2.24, 2.45) is 5.73 Å². The second kappa shape index (κ2) is 2.57. The van der Waals surface area contributed by atoms with Crippen LogP contribution >= 0.6 is 0 Å². The van der Waals surface area contributed by atoms with Gasteiger partial charge in [0.25, 0.3) is 0 Å². The van der Waals surface area contributed by atoms with Crippen molar-refractivity contribution >= 4 is 0 Å². The topological polar surface area (TPSA) is 26.0 Å². The second-order valence-electron chi connectivity index (χ2n) is 4.67. The molecule has 2 aliphatic carbocycles. The van der Waals surface area contributed by atoms with Crippen molar-refractivity contribution in [2.75, 3.05) is 0 Å². The molecule has 2 fully saturated rings. The van der Waals surface area contributed by atoms with Crippen LogP contribution in [0.25, 0.3) is 0 Å². The van der Waals surface area contributed by atoms with E-state index in [4.69, 9.17) is 5.73 Å². The van der Waals surface area contributed by atoms with Crippen molar-refractivity contribution in [3.8, 4) is 0 Å². The first-order valence-electron chi connectivity index (χ1n) is 5.28. The molecule has 0 unspecified atom stereocenters. The zero-order valence-corrected chi connectivity index (χ0v) is 8.09. The third-order valence-corrected chi connectivity index (χ3v) is 3.38. The van der Waals surface area contributed by atoms with Gasteiger partial charge in [-0.2, -0.15) is 0 Å². The molecule has 2 saturated carbocycles. The van der Waals surface area contributed by atoms with Crippen LogP contribution in [0.4, 0.5) is 4.39 Å². The summed E-state index contributed by atoms with van der Waals surface area (Å²) in [5.41, 5.74) is 7.67. The van der Waals surface area contributed by atoms with Gasteiger partial charge in [0, 0.05) is 5.54 Å². The van der Waals surface area contributed by atoms with Crippen molar-refractivity contribution in [1.29, 1.82) is 0 Å². The number of halogens is 1. The molecule has 2 N–H and O–H groups in total. The lowest BCUT2D eigenvalue weighted by Crippen LogP contribution is -2.18. The van der Waals surface area contributed by atoms with Crippen molar-refractivity contribution < 1.29 is 4.39 Å². The lowest BCUT2D eigenvalue weighted by molar-refractivity contribution is 0.602. The van der Waals surface area contributed by atoms with Crippen LogP contribution in [0.5, 0.6) is 0 Å². The van der Waals surface area contributed by atoms with Crippen molar-refractivity contribution in [3.63, 3.8) is 0 Å². The normalized spacial score (nSPS) is 23.6. The van der Waals surface area contributed by atoms with Crippen LogP contribution in [0.2, 0.25) is 0 Å². The highest BCUT2D eigenvalue weighted by Crippen LogP contribution is 2.45. The molecule has 0 radical (unpaired) electrons. The van der Waals surface area contributed by atoms with Crippen molar-refractivity contribution in [3.05, 3.63) is 35.1 Å². The lowest BCUT2D eigenvalue weighted by atomic mass is 10.0. The van der Waals surface area contributed by atoms with Gasteiger partial charge in [-0.1, -0.05) is 12.1 Å².